The van der Waals surface area contributed by atoms with Gasteiger partial charge in [0, 0.05) is 35.9 Å². The van der Waals surface area contributed by atoms with E-state index in [4.69, 9.17) is 16.2 Å². The van der Waals surface area contributed by atoms with Crippen molar-refractivity contribution in [3.8, 4) is 20.9 Å². The van der Waals surface area contributed by atoms with Crippen LogP contribution >= 0.6 is 38.6 Å². The van der Waals surface area contributed by atoms with E-state index in [0.29, 0.717) is 20.5 Å². The van der Waals surface area contributed by atoms with Crippen LogP contribution in [0.4, 0.5) is 16.5 Å². The number of aromatic nitrogens is 3. The molecule has 3 aromatic heterocycles. The lowest BCUT2D eigenvalue weighted by atomic mass is 10.1. The van der Waals surface area contributed by atoms with Gasteiger partial charge in [0.1, 0.15) is 0 Å². The van der Waals surface area contributed by atoms with Gasteiger partial charge in [0.25, 0.3) is 5.69 Å². The minimum atomic E-state index is -0.769. The maximum atomic E-state index is 11.6. The second kappa shape index (κ2) is 16.3. The molecule has 0 radical (unpaired) electrons. The Kier molecular flexibility index (Phi) is 12.5. The molecule has 0 aliphatic rings. The lowest BCUT2D eigenvalue weighted by Gasteiger charge is -1.99. The molecular formula is C28H27BrN6O7S2. The topological polar surface area (TPSA) is 195 Å². The number of esters is 2. The van der Waals surface area contributed by atoms with Gasteiger partial charge < -0.3 is 20.9 Å². The summed E-state index contributed by atoms with van der Waals surface area (Å²) in [5, 5.41) is 11.7. The Morgan fingerprint density at radius 3 is 2.18 bits per heavy atom. The monoisotopic (exact) mass is 702 g/mol. The van der Waals surface area contributed by atoms with Crippen molar-refractivity contribution in [3.63, 3.8) is 0 Å². The van der Waals surface area contributed by atoms with Crippen molar-refractivity contribution < 1.29 is 28.8 Å². The van der Waals surface area contributed by atoms with E-state index in [1.807, 2.05) is 24.3 Å². The number of hydrogen-bond donors (Lipinski definition) is 2. The SMILES string of the molecule is CCOC(=O)C(=O)CBr.CCOC(=O)c1cn2cc(-c3ccccc3[N+](=O)[O-])sc2n1.Nc1ncc(-c2ccccc2N)s1. The molecule has 3 heterocycles. The van der Waals surface area contributed by atoms with Crippen LogP contribution in [-0.2, 0) is 19.1 Å². The Morgan fingerprint density at radius 1 is 0.955 bits per heavy atom. The summed E-state index contributed by atoms with van der Waals surface area (Å²) in [4.78, 5) is 53.5. The van der Waals surface area contributed by atoms with Crippen molar-refractivity contribution in [1.29, 1.82) is 0 Å². The number of rotatable bonds is 8. The number of nitrogens with two attached hydrogens (primary N) is 2. The van der Waals surface area contributed by atoms with Crippen LogP contribution in [0.1, 0.15) is 24.3 Å². The van der Waals surface area contributed by atoms with Crippen molar-refractivity contribution in [3.05, 3.63) is 82.9 Å². The summed E-state index contributed by atoms with van der Waals surface area (Å²) >= 11 is 5.55. The number of nitro groups is 1. The van der Waals surface area contributed by atoms with Gasteiger partial charge in [-0.1, -0.05) is 68.9 Å². The fraction of sp³-hybridized carbons (Fsp3) is 0.179. The summed E-state index contributed by atoms with van der Waals surface area (Å²) < 4.78 is 10.9. The molecule has 0 fully saturated rings. The minimum Gasteiger partial charge on any atom is -0.461 e. The van der Waals surface area contributed by atoms with E-state index in [1.54, 1.807) is 55.0 Å². The van der Waals surface area contributed by atoms with Crippen LogP contribution < -0.4 is 11.5 Å². The number of alkyl halides is 1. The highest BCUT2D eigenvalue weighted by Gasteiger charge is 2.19. The van der Waals surface area contributed by atoms with E-state index in [2.05, 4.69) is 30.6 Å². The Morgan fingerprint density at radius 2 is 1.61 bits per heavy atom. The van der Waals surface area contributed by atoms with Crippen LogP contribution in [-0.4, -0.2) is 55.6 Å². The van der Waals surface area contributed by atoms with Gasteiger partial charge in [-0.05, 0) is 26.0 Å². The number of imidazole rings is 1. The van der Waals surface area contributed by atoms with Crippen molar-refractivity contribution in [1.82, 2.24) is 14.4 Å². The molecule has 0 bridgehead atoms. The predicted octanol–water partition coefficient (Wildman–Crippen LogP) is 5.64. The number of carbonyl (C=O) groups excluding carboxylic acids is 3. The molecular weight excluding hydrogens is 676 g/mol. The molecule has 0 aliphatic carbocycles. The lowest BCUT2D eigenvalue weighted by Crippen LogP contribution is -2.17. The Labute approximate surface area is 267 Å². The van der Waals surface area contributed by atoms with Gasteiger partial charge >= 0.3 is 11.9 Å². The number of benzene rings is 2. The third-order valence-corrected chi connectivity index (χ3v) is 7.78. The number of carbonyl (C=O) groups is 3. The zero-order valence-electron chi connectivity index (χ0n) is 23.5. The molecule has 0 aliphatic heterocycles. The number of ketones is 1. The molecule has 0 saturated heterocycles. The average Bonchev–Trinajstić information content (AvgIpc) is 3.73. The molecule has 0 saturated carbocycles. The Balaban J connectivity index is 0.000000204. The molecule has 5 aromatic rings. The number of hydrogen-bond acceptors (Lipinski definition) is 13. The maximum Gasteiger partial charge on any atom is 0.375 e. The number of fused-ring (bicyclic) bond motifs is 1. The second-order valence-electron chi connectivity index (χ2n) is 8.33. The molecule has 230 valence electrons. The number of halogens is 1. The summed E-state index contributed by atoms with van der Waals surface area (Å²) in [6.07, 6.45) is 5.02. The van der Waals surface area contributed by atoms with E-state index in [9.17, 15) is 24.5 Å². The van der Waals surface area contributed by atoms with Gasteiger partial charge in [0.05, 0.1) is 38.8 Å². The van der Waals surface area contributed by atoms with E-state index in [0.717, 1.165) is 16.1 Å². The average molecular weight is 704 g/mol. The first-order valence-electron chi connectivity index (χ1n) is 12.8. The molecule has 5 rings (SSSR count). The summed E-state index contributed by atoms with van der Waals surface area (Å²) in [5.74, 6) is -1.79. The first kappa shape index (κ1) is 33.8. The highest BCUT2D eigenvalue weighted by molar-refractivity contribution is 9.09. The number of anilines is 2. The standard InChI is InChI=1S/C14H11N3O4S.C9H9N3S.C5H7BrO3/c1-2-21-13(18)10-7-16-8-12(22-14(16)15-10)9-5-3-4-6-11(9)17(19)20;10-7-4-2-1-3-6(7)8-5-12-9(11)13-8;1-2-9-5(8)4(7)3-6/h3-8H,2H2,1H3;1-5H,10H2,(H2,11,12);2-3H2,1H3. The van der Waals surface area contributed by atoms with Crippen LogP contribution in [0.3, 0.4) is 0 Å². The molecule has 0 unspecified atom stereocenters. The number of nitrogens with zero attached hydrogens (tertiary/aromatic N) is 4. The van der Waals surface area contributed by atoms with Gasteiger partial charge in [-0.25, -0.2) is 19.6 Å². The number of ether oxygens (including phenoxy) is 2. The van der Waals surface area contributed by atoms with Gasteiger partial charge in [-0.3, -0.25) is 19.3 Å². The van der Waals surface area contributed by atoms with E-state index < -0.39 is 22.6 Å². The summed E-state index contributed by atoms with van der Waals surface area (Å²) in [7, 11) is 0. The summed E-state index contributed by atoms with van der Waals surface area (Å²) in [6, 6.07) is 14.2. The number of nitro benzene ring substituents is 1. The van der Waals surface area contributed by atoms with Crippen molar-refractivity contribution in [2.75, 3.05) is 30.0 Å². The summed E-state index contributed by atoms with van der Waals surface area (Å²) in [6.45, 7) is 3.91. The predicted molar refractivity (Wildman–Crippen MR) is 173 cm³/mol. The van der Waals surface area contributed by atoms with Crippen molar-refractivity contribution in [2.45, 2.75) is 13.8 Å². The molecule has 0 atom stereocenters. The number of thiazole rings is 2. The molecule has 13 nitrogen and oxygen atoms in total. The minimum absolute atomic E-state index is 0.0336. The number of Topliss-reactive ketones (excluding diaryl/α,β-unsaturated/α-hetero) is 1. The Bertz CT molecular complexity index is 1740. The van der Waals surface area contributed by atoms with Crippen LogP contribution in [0.15, 0.2) is 67.1 Å². The fourth-order valence-electron chi connectivity index (χ4n) is 3.46. The zero-order valence-corrected chi connectivity index (χ0v) is 26.7. The van der Waals surface area contributed by atoms with Gasteiger partial charge in [0.15, 0.2) is 15.8 Å². The van der Waals surface area contributed by atoms with Gasteiger partial charge in [-0.15, -0.1) is 0 Å². The molecule has 0 amide bonds. The summed E-state index contributed by atoms with van der Waals surface area (Å²) in [5.41, 5.74) is 13.9. The normalized spacial score (nSPS) is 10.2. The van der Waals surface area contributed by atoms with Gasteiger partial charge in [-0.2, -0.15) is 0 Å². The number of para-hydroxylation sites is 2. The number of nitrogen functional groups attached to an aromatic ring is 2. The highest BCUT2D eigenvalue weighted by atomic mass is 79.9. The van der Waals surface area contributed by atoms with Gasteiger partial charge in [0.2, 0.25) is 5.78 Å². The highest BCUT2D eigenvalue weighted by Crippen LogP contribution is 2.35. The Hall–Kier alpha value is -4.67. The van der Waals surface area contributed by atoms with E-state index >= 15 is 0 Å². The van der Waals surface area contributed by atoms with Crippen LogP contribution in [0, 0.1) is 10.1 Å². The molecule has 4 N–H and O–H groups in total. The fourth-order valence-corrected chi connectivity index (χ4v) is 5.43. The van der Waals surface area contributed by atoms with Crippen LogP contribution in [0.2, 0.25) is 0 Å². The first-order chi connectivity index (χ1) is 21.1. The van der Waals surface area contributed by atoms with Crippen LogP contribution in [0.25, 0.3) is 25.8 Å². The second-order valence-corrected chi connectivity index (χ2v) is 11.0. The molecule has 0 spiro atoms. The lowest BCUT2D eigenvalue weighted by molar-refractivity contribution is -0.384. The van der Waals surface area contributed by atoms with Crippen molar-refractivity contribution >= 4 is 77.8 Å². The molecule has 2 aromatic carbocycles. The van der Waals surface area contributed by atoms with E-state index in [1.165, 1.54) is 28.7 Å². The molecule has 16 heteroatoms. The van der Waals surface area contributed by atoms with E-state index in [-0.39, 0.29) is 29.9 Å². The molecule has 44 heavy (non-hydrogen) atoms. The zero-order chi connectivity index (χ0) is 32.2. The largest absolute Gasteiger partial charge is 0.461 e. The third-order valence-electron chi connectivity index (χ3n) is 5.38. The van der Waals surface area contributed by atoms with Crippen LogP contribution in [0.5, 0.6) is 0 Å². The third kappa shape index (κ3) is 8.92. The quantitative estimate of drug-likeness (QED) is 0.0507. The smallest absolute Gasteiger partial charge is 0.375 e. The maximum absolute atomic E-state index is 11.6. The first-order valence-corrected chi connectivity index (χ1v) is 15.6. The van der Waals surface area contributed by atoms with Crippen molar-refractivity contribution in [2.24, 2.45) is 0 Å².